The Bertz CT molecular complexity index is 1320. The van der Waals surface area contributed by atoms with Crippen LogP contribution in [0.25, 0.3) is 21.9 Å². The van der Waals surface area contributed by atoms with Crippen LogP contribution in [-0.4, -0.2) is 21.4 Å². The molecule has 0 aliphatic heterocycles. The molecule has 0 aliphatic rings. The molecule has 0 bridgehead atoms. The maximum Gasteiger partial charge on any atom is 0.336 e. The van der Waals surface area contributed by atoms with Gasteiger partial charge in [-0.15, -0.1) is 0 Å². The van der Waals surface area contributed by atoms with Crippen LogP contribution in [0.4, 0.5) is 0 Å². The van der Waals surface area contributed by atoms with Crippen molar-refractivity contribution < 1.29 is 4.42 Å². The third-order valence-electron chi connectivity index (χ3n) is 5.39. The van der Waals surface area contributed by atoms with Crippen molar-refractivity contribution >= 4 is 21.9 Å². The molecule has 0 aliphatic carbocycles. The summed E-state index contributed by atoms with van der Waals surface area (Å²) in [5.41, 5.74) is 3.80. The lowest BCUT2D eigenvalue weighted by Crippen LogP contribution is -2.26. The Morgan fingerprint density at radius 3 is 2.62 bits per heavy atom. The molecule has 4 aromatic rings. The minimum atomic E-state index is -0.352. The van der Waals surface area contributed by atoms with E-state index in [4.69, 9.17) is 4.42 Å². The average molecular weight is 389 g/mol. The van der Waals surface area contributed by atoms with Crippen LogP contribution in [0.5, 0.6) is 0 Å². The van der Waals surface area contributed by atoms with Gasteiger partial charge in [-0.25, -0.2) is 9.78 Å². The van der Waals surface area contributed by atoms with Crippen LogP contribution in [0, 0.1) is 13.8 Å². The van der Waals surface area contributed by atoms with E-state index in [9.17, 15) is 9.59 Å². The van der Waals surface area contributed by atoms with Crippen molar-refractivity contribution in [2.24, 2.45) is 0 Å². The number of aromatic amines is 1. The number of rotatable bonds is 5. The van der Waals surface area contributed by atoms with Crippen LogP contribution in [0.15, 0.2) is 56.5 Å². The Morgan fingerprint density at radius 2 is 1.83 bits per heavy atom. The van der Waals surface area contributed by atoms with E-state index >= 15 is 0 Å². The zero-order valence-electron chi connectivity index (χ0n) is 16.8. The molecule has 2 heterocycles. The summed E-state index contributed by atoms with van der Waals surface area (Å²) in [6, 6.07) is 12.9. The highest BCUT2D eigenvalue weighted by Crippen LogP contribution is 2.24. The number of aryl methyl sites for hydroxylation is 2. The molecular formula is C23H23N3O3. The van der Waals surface area contributed by atoms with Crippen molar-refractivity contribution in [1.29, 1.82) is 0 Å². The first-order valence-corrected chi connectivity index (χ1v) is 9.69. The van der Waals surface area contributed by atoms with Gasteiger partial charge in [0.25, 0.3) is 5.56 Å². The minimum Gasteiger partial charge on any atom is -0.422 e. The van der Waals surface area contributed by atoms with E-state index < -0.39 is 0 Å². The summed E-state index contributed by atoms with van der Waals surface area (Å²) in [7, 11) is 0. The minimum absolute atomic E-state index is 0.140. The van der Waals surface area contributed by atoms with Crippen molar-refractivity contribution in [3.05, 3.63) is 85.8 Å². The molecule has 0 fully saturated rings. The summed E-state index contributed by atoms with van der Waals surface area (Å²) >= 11 is 0. The number of nitrogens with zero attached hydrogens (tertiary/aromatic N) is 2. The van der Waals surface area contributed by atoms with Gasteiger partial charge in [-0.3, -0.25) is 9.69 Å². The lowest BCUT2D eigenvalue weighted by atomic mass is 10.0. The number of H-pyrrole nitrogens is 1. The fourth-order valence-corrected chi connectivity index (χ4v) is 3.60. The predicted octanol–water partition coefficient (Wildman–Crippen LogP) is 3.67. The zero-order chi connectivity index (χ0) is 20.5. The van der Waals surface area contributed by atoms with Crippen molar-refractivity contribution in [3.63, 3.8) is 0 Å². The zero-order valence-corrected chi connectivity index (χ0v) is 16.8. The second-order valence-corrected chi connectivity index (χ2v) is 7.31. The molecule has 1 N–H and O–H groups in total. The molecule has 2 aromatic carbocycles. The number of benzene rings is 2. The van der Waals surface area contributed by atoms with E-state index in [1.54, 1.807) is 12.1 Å². The molecule has 29 heavy (non-hydrogen) atoms. The molecule has 2 aromatic heterocycles. The Balaban J connectivity index is 1.69. The fraction of sp³-hybridized carbons (Fsp3) is 0.261. The van der Waals surface area contributed by atoms with Crippen LogP contribution < -0.4 is 11.2 Å². The Kier molecular flexibility index (Phi) is 5.03. The van der Waals surface area contributed by atoms with Crippen molar-refractivity contribution in [2.75, 3.05) is 6.54 Å². The topological polar surface area (TPSA) is 79.2 Å². The number of hydrogen-bond acceptors (Lipinski definition) is 5. The van der Waals surface area contributed by atoms with Crippen LogP contribution in [0.1, 0.15) is 29.4 Å². The van der Waals surface area contributed by atoms with E-state index in [0.29, 0.717) is 35.4 Å². The lowest BCUT2D eigenvalue weighted by Gasteiger charge is -2.21. The second-order valence-electron chi connectivity index (χ2n) is 7.31. The highest BCUT2D eigenvalue weighted by Gasteiger charge is 2.14. The van der Waals surface area contributed by atoms with Crippen LogP contribution in [0.3, 0.4) is 0 Å². The molecule has 0 radical (unpaired) electrons. The maximum absolute atomic E-state index is 12.3. The Hall–Kier alpha value is -3.25. The maximum atomic E-state index is 12.3. The Morgan fingerprint density at radius 1 is 1.03 bits per heavy atom. The van der Waals surface area contributed by atoms with Gasteiger partial charge in [-0.1, -0.05) is 31.2 Å². The smallest absolute Gasteiger partial charge is 0.336 e. The van der Waals surface area contributed by atoms with Gasteiger partial charge in [0.1, 0.15) is 11.4 Å². The second kappa shape index (κ2) is 7.64. The third-order valence-corrected chi connectivity index (χ3v) is 5.39. The van der Waals surface area contributed by atoms with E-state index in [1.165, 1.54) is 0 Å². The molecule has 0 saturated heterocycles. The normalized spacial score (nSPS) is 11.6. The first-order chi connectivity index (χ1) is 14.0. The number of para-hydroxylation sites is 1. The summed E-state index contributed by atoms with van der Waals surface area (Å²) in [5, 5.41) is 1.52. The predicted molar refractivity (Wildman–Crippen MR) is 114 cm³/mol. The number of hydrogen-bond donors (Lipinski definition) is 1. The first kappa shape index (κ1) is 19.1. The van der Waals surface area contributed by atoms with E-state index in [1.807, 2.05) is 51.1 Å². The molecule has 6 heteroatoms. The van der Waals surface area contributed by atoms with Crippen molar-refractivity contribution in [3.8, 4) is 0 Å². The molecule has 6 nitrogen and oxygen atoms in total. The monoisotopic (exact) mass is 389 g/mol. The standard InChI is InChI=1S/C23H23N3O3/c1-4-26(13-20-24-19-8-6-5-7-18(19)23(28)25-20)12-16-11-21(27)29-22-15(3)14(2)9-10-17(16)22/h5-11H,4,12-13H2,1-3H3,(H,24,25,28). The molecule has 0 unspecified atom stereocenters. The lowest BCUT2D eigenvalue weighted by molar-refractivity contribution is 0.265. The summed E-state index contributed by atoms with van der Waals surface area (Å²) in [6.07, 6.45) is 0. The van der Waals surface area contributed by atoms with Gasteiger partial charge in [-0.05, 0) is 49.2 Å². The molecular weight excluding hydrogens is 366 g/mol. The van der Waals surface area contributed by atoms with Gasteiger partial charge < -0.3 is 9.40 Å². The summed E-state index contributed by atoms with van der Waals surface area (Å²) in [6.45, 7) is 7.78. The highest BCUT2D eigenvalue weighted by molar-refractivity contribution is 5.84. The van der Waals surface area contributed by atoms with Crippen molar-refractivity contribution in [1.82, 2.24) is 14.9 Å². The number of nitrogens with one attached hydrogen (secondary N) is 1. The van der Waals surface area contributed by atoms with Crippen LogP contribution in [0.2, 0.25) is 0 Å². The van der Waals surface area contributed by atoms with E-state index in [2.05, 4.69) is 14.9 Å². The van der Waals surface area contributed by atoms with Crippen molar-refractivity contribution in [2.45, 2.75) is 33.9 Å². The van der Waals surface area contributed by atoms with E-state index in [0.717, 1.165) is 28.6 Å². The van der Waals surface area contributed by atoms with Crippen LogP contribution >= 0.6 is 0 Å². The molecule has 0 spiro atoms. The summed E-state index contributed by atoms with van der Waals surface area (Å²) < 4.78 is 5.48. The van der Waals surface area contributed by atoms with E-state index in [-0.39, 0.29) is 11.2 Å². The van der Waals surface area contributed by atoms with Gasteiger partial charge >= 0.3 is 5.63 Å². The quantitative estimate of drug-likeness (QED) is 0.527. The van der Waals surface area contributed by atoms with Gasteiger partial charge in [0, 0.05) is 18.0 Å². The molecule has 4 rings (SSSR count). The molecule has 0 amide bonds. The summed E-state index contributed by atoms with van der Waals surface area (Å²) in [4.78, 5) is 34.1. The Labute approximate surface area is 167 Å². The molecule has 0 saturated carbocycles. The number of aromatic nitrogens is 2. The third kappa shape index (κ3) is 3.71. The first-order valence-electron chi connectivity index (χ1n) is 9.69. The fourth-order valence-electron chi connectivity index (χ4n) is 3.60. The van der Waals surface area contributed by atoms with Crippen LogP contribution in [-0.2, 0) is 13.1 Å². The largest absolute Gasteiger partial charge is 0.422 e. The molecule has 0 atom stereocenters. The van der Waals surface area contributed by atoms with Gasteiger partial charge in [-0.2, -0.15) is 0 Å². The molecule has 148 valence electrons. The average Bonchev–Trinajstić information content (AvgIpc) is 2.70. The SMILES string of the molecule is CCN(Cc1nc2ccccc2c(=O)[nH]1)Cc1cc(=O)oc2c(C)c(C)ccc12. The highest BCUT2D eigenvalue weighted by atomic mass is 16.4. The summed E-state index contributed by atoms with van der Waals surface area (Å²) in [5.74, 6) is 0.606. The number of fused-ring (bicyclic) bond motifs is 2. The van der Waals surface area contributed by atoms with Gasteiger partial charge in [0.2, 0.25) is 0 Å². The van der Waals surface area contributed by atoms with Gasteiger partial charge in [0.15, 0.2) is 0 Å². The van der Waals surface area contributed by atoms with Gasteiger partial charge in [0.05, 0.1) is 17.4 Å².